The molecule has 0 radical (unpaired) electrons. The predicted octanol–water partition coefficient (Wildman–Crippen LogP) is 3.02. The van der Waals surface area contributed by atoms with Crippen LogP contribution >= 0.6 is 11.6 Å². The number of benzene rings is 1. The SMILES string of the molecule is CN(C)c1cc(NC2CCN(Cc3ccc(Cl)c(F)c3)C2)ncn1. The van der Waals surface area contributed by atoms with Gasteiger partial charge in [-0.05, 0) is 24.1 Å². The van der Waals surface area contributed by atoms with Crippen molar-refractivity contribution in [1.82, 2.24) is 14.9 Å². The van der Waals surface area contributed by atoms with Gasteiger partial charge in [0.05, 0.1) is 5.02 Å². The molecule has 0 amide bonds. The van der Waals surface area contributed by atoms with E-state index in [0.717, 1.165) is 43.3 Å². The molecule has 0 spiro atoms. The van der Waals surface area contributed by atoms with E-state index in [9.17, 15) is 4.39 Å². The van der Waals surface area contributed by atoms with Crippen molar-refractivity contribution >= 4 is 23.2 Å². The van der Waals surface area contributed by atoms with Crippen LogP contribution in [-0.4, -0.2) is 48.1 Å². The first-order chi connectivity index (χ1) is 11.5. The Morgan fingerprint density at radius 3 is 2.92 bits per heavy atom. The second-order valence-corrected chi connectivity index (χ2v) is 6.68. The van der Waals surface area contributed by atoms with E-state index in [1.54, 1.807) is 12.4 Å². The van der Waals surface area contributed by atoms with E-state index in [1.165, 1.54) is 6.07 Å². The van der Waals surface area contributed by atoms with Gasteiger partial charge in [-0.2, -0.15) is 0 Å². The maximum absolute atomic E-state index is 13.5. The summed E-state index contributed by atoms with van der Waals surface area (Å²) in [7, 11) is 3.91. The van der Waals surface area contributed by atoms with E-state index in [-0.39, 0.29) is 10.8 Å². The lowest BCUT2D eigenvalue weighted by atomic mass is 10.2. The first-order valence-electron chi connectivity index (χ1n) is 7.93. The molecule has 1 fully saturated rings. The van der Waals surface area contributed by atoms with E-state index in [1.807, 2.05) is 31.1 Å². The molecule has 2 heterocycles. The lowest BCUT2D eigenvalue weighted by molar-refractivity contribution is 0.328. The molecule has 1 aliphatic heterocycles. The number of hydrogen-bond acceptors (Lipinski definition) is 5. The number of rotatable bonds is 5. The fourth-order valence-corrected chi connectivity index (χ4v) is 2.99. The van der Waals surface area contributed by atoms with Crippen molar-refractivity contribution in [3.63, 3.8) is 0 Å². The molecule has 7 heteroatoms. The van der Waals surface area contributed by atoms with Crippen molar-refractivity contribution < 1.29 is 4.39 Å². The Hall–Kier alpha value is -1.92. The van der Waals surface area contributed by atoms with Gasteiger partial charge in [-0.15, -0.1) is 0 Å². The maximum atomic E-state index is 13.5. The van der Waals surface area contributed by atoms with Gasteiger partial charge in [-0.1, -0.05) is 17.7 Å². The highest BCUT2D eigenvalue weighted by molar-refractivity contribution is 6.30. The zero-order chi connectivity index (χ0) is 17.1. The van der Waals surface area contributed by atoms with Gasteiger partial charge in [0.15, 0.2) is 0 Å². The van der Waals surface area contributed by atoms with E-state index < -0.39 is 0 Å². The fraction of sp³-hybridized carbons (Fsp3) is 0.412. The summed E-state index contributed by atoms with van der Waals surface area (Å²) in [4.78, 5) is 12.7. The highest BCUT2D eigenvalue weighted by Crippen LogP contribution is 2.21. The minimum Gasteiger partial charge on any atom is -0.366 e. The van der Waals surface area contributed by atoms with Gasteiger partial charge in [0.25, 0.3) is 0 Å². The normalized spacial score (nSPS) is 17.9. The van der Waals surface area contributed by atoms with E-state index in [0.29, 0.717) is 6.04 Å². The topological polar surface area (TPSA) is 44.3 Å². The van der Waals surface area contributed by atoms with Crippen LogP contribution in [0.5, 0.6) is 0 Å². The molecule has 24 heavy (non-hydrogen) atoms. The first-order valence-corrected chi connectivity index (χ1v) is 8.31. The van der Waals surface area contributed by atoms with Crippen molar-refractivity contribution in [3.8, 4) is 0 Å². The highest BCUT2D eigenvalue weighted by atomic mass is 35.5. The summed E-state index contributed by atoms with van der Waals surface area (Å²) in [5.41, 5.74) is 0.939. The van der Waals surface area contributed by atoms with Gasteiger partial charge in [-0.3, -0.25) is 4.90 Å². The molecule has 5 nitrogen and oxygen atoms in total. The molecule has 1 atom stereocenters. The van der Waals surface area contributed by atoms with Crippen LogP contribution in [0, 0.1) is 5.82 Å². The van der Waals surface area contributed by atoms with Crippen molar-refractivity contribution in [3.05, 3.63) is 47.0 Å². The van der Waals surface area contributed by atoms with Crippen molar-refractivity contribution in [2.24, 2.45) is 0 Å². The Bertz CT molecular complexity index is 709. The number of nitrogens with zero attached hydrogens (tertiary/aromatic N) is 4. The summed E-state index contributed by atoms with van der Waals surface area (Å²) in [5, 5.41) is 3.62. The quantitative estimate of drug-likeness (QED) is 0.899. The molecule has 1 aromatic heterocycles. The average molecular weight is 350 g/mol. The van der Waals surface area contributed by atoms with Gasteiger partial charge in [-0.25, -0.2) is 14.4 Å². The molecule has 0 saturated carbocycles. The smallest absolute Gasteiger partial charge is 0.142 e. The second-order valence-electron chi connectivity index (χ2n) is 6.27. The first kappa shape index (κ1) is 16.9. The largest absolute Gasteiger partial charge is 0.366 e. The average Bonchev–Trinajstić information content (AvgIpc) is 2.98. The van der Waals surface area contributed by atoms with E-state index >= 15 is 0 Å². The van der Waals surface area contributed by atoms with E-state index in [4.69, 9.17) is 11.6 Å². The number of likely N-dealkylation sites (tertiary alicyclic amines) is 1. The molecule has 2 aromatic rings. The Balaban J connectivity index is 1.57. The molecule has 0 aliphatic carbocycles. The van der Waals surface area contributed by atoms with Gasteiger partial charge in [0, 0.05) is 45.8 Å². The third-order valence-electron chi connectivity index (χ3n) is 4.13. The minimum atomic E-state index is -0.361. The number of anilines is 2. The molecule has 1 aromatic carbocycles. The summed E-state index contributed by atoms with van der Waals surface area (Å²) in [6, 6.07) is 7.27. The maximum Gasteiger partial charge on any atom is 0.142 e. The van der Waals surface area contributed by atoms with Crippen molar-refractivity contribution in [2.45, 2.75) is 19.0 Å². The Morgan fingerprint density at radius 2 is 2.17 bits per heavy atom. The number of hydrogen-bond donors (Lipinski definition) is 1. The molecular weight excluding hydrogens is 329 g/mol. The molecule has 0 bridgehead atoms. The Kier molecular flexibility index (Phi) is 5.16. The summed E-state index contributed by atoms with van der Waals surface area (Å²) in [6.07, 6.45) is 2.60. The molecule has 1 aliphatic rings. The number of aromatic nitrogens is 2. The van der Waals surface area contributed by atoms with Crippen LogP contribution < -0.4 is 10.2 Å². The highest BCUT2D eigenvalue weighted by Gasteiger charge is 2.23. The summed E-state index contributed by atoms with van der Waals surface area (Å²) >= 11 is 5.73. The molecule has 1 N–H and O–H groups in total. The van der Waals surface area contributed by atoms with Crippen LogP contribution in [0.4, 0.5) is 16.0 Å². The molecular formula is C17H21ClFN5. The predicted molar refractivity (Wildman–Crippen MR) is 95.1 cm³/mol. The Labute approximate surface area is 146 Å². The van der Waals surface area contributed by atoms with Crippen molar-refractivity contribution in [1.29, 1.82) is 0 Å². The Morgan fingerprint density at radius 1 is 1.33 bits per heavy atom. The summed E-state index contributed by atoms with van der Waals surface area (Å²) < 4.78 is 13.5. The zero-order valence-electron chi connectivity index (χ0n) is 13.8. The summed E-state index contributed by atoms with van der Waals surface area (Å²) in [6.45, 7) is 2.58. The van der Waals surface area contributed by atoms with Crippen LogP contribution in [-0.2, 0) is 6.54 Å². The number of nitrogens with one attached hydrogen (secondary N) is 1. The van der Waals surface area contributed by atoms with Crippen LogP contribution in [0.3, 0.4) is 0 Å². The fourth-order valence-electron chi connectivity index (χ4n) is 2.87. The zero-order valence-corrected chi connectivity index (χ0v) is 14.6. The minimum absolute atomic E-state index is 0.167. The van der Waals surface area contributed by atoms with Crippen LogP contribution in [0.2, 0.25) is 5.02 Å². The lowest BCUT2D eigenvalue weighted by Crippen LogP contribution is -2.26. The van der Waals surface area contributed by atoms with Crippen LogP contribution in [0.15, 0.2) is 30.6 Å². The van der Waals surface area contributed by atoms with Gasteiger partial charge < -0.3 is 10.2 Å². The van der Waals surface area contributed by atoms with E-state index in [2.05, 4.69) is 20.2 Å². The lowest BCUT2D eigenvalue weighted by Gasteiger charge is -2.18. The van der Waals surface area contributed by atoms with Gasteiger partial charge in [0.1, 0.15) is 23.8 Å². The number of halogens is 2. The third kappa shape index (κ3) is 4.13. The van der Waals surface area contributed by atoms with Crippen LogP contribution in [0.25, 0.3) is 0 Å². The second kappa shape index (κ2) is 7.32. The third-order valence-corrected chi connectivity index (χ3v) is 4.43. The molecule has 3 rings (SSSR count). The van der Waals surface area contributed by atoms with Crippen molar-refractivity contribution in [2.75, 3.05) is 37.4 Å². The molecule has 1 unspecified atom stereocenters. The molecule has 1 saturated heterocycles. The van der Waals surface area contributed by atoms with Gasteiger partial charge >= 0.3 is 0 Å². The molecule has 128 valence electrons. The monoisotopic (exact) mass is 349 g/mol. The van der Waals surface area contributed by atoms with Crippen LogP contribution in [0.1, 0.15) is 12.0 Å². The van der Waals surface area contributed by atoms with Gasteiger partial charge in [0.2, 0.25) is 0 Å². The summed E-state index contributed by atoms with van der Waals surface area (Å²) in [5.74, 6) is 1.34. The standard InChI is InChI=1S/C17H21ClFN5/c1-23(2)17-8-16(20-11-21-17)22-13-5-6-24(10-13)9-12-3-4-14(18)15(19)7-12/h3-4,7-8,11,13H,5-6,9-10H2,1-2H3,(H,20,21,22).